The third-order valence-electron chi connectivity index (χ3n) is 2.93. The highest BCUT2D eigenvalue weighted by Crippen LogP contribution is 2.35. The lowest BCUT2D eigenvalue weighted by molar-refractivity contribution is 0.172. The summed E-state index contributed by atoms with van der Waals surface area (Å²) in [5.41, 5.74) is 0.384. The van der Waals surface area contributed by atoms with Gasteiger partial charge in [-0.3, -0.25) is 0 Å². The van der Waals surface area contributed by atoms with Crippen molar-refractivity contribution in [1.29, 1.82) is 5.26 Å². The van der Waals surface area contributed by atoms with E-state index in [0.29, 0.717) is 18.0 Å². The van der Waals surface area contributed by atoms with E-state index in [1.54, 1.807) is 0 Å². The molecule has 1 saturated carbocycles. The maximum Gasteiger partial charge on any atom is 0.0843 e. The first-order valence-corrected chi connectivity index (χ1v) is 4.77. The van der Waals surface area contributed by atoms with Crippen LogP contribution in [0.5, 0.6) is 0 Å². The average Bonchev–Trinajstić information content (AvgIpc) is 2.02. The molecule has 12 heavy (non-hydrogen) atoms. The maximum absolute atomic E-state index is 8.45. The van der Waals surface area contributed by atoms with Gasteiger partial charge in [0.25, 0.3) is 0 Å². The molecule has 2 nitrogen and oxygen atoms in total. The van der Waals surface area contributed by atoms with E-state index >= 15 is 0 Å². The van der Waals surface area contributed by atoms with Crippen molar-refractivity contribution < 1.29 is 0 Å². The van der Waals surface area contributed by atoms with Gasteiger partial charge in [0, 0.05) is 6.04 Å². The number of nitriles is 1. The van der Waals surface area contributed by atoms with E-state index in [2.05, 4.69) is 25.2 Å². The van der Waals surface area contributed by atoms with Gasteiger partial charge in [-0.25, -0.2) is 0 Å². The predicted octanol–water partition coefficient (Wildman–Crippen LogP) is 2.07. The van der Waals surface area contributed by atoms with Crippen molar-refractivity contribution in [3.63, 3.8) is 0 Å². The molecule has 0 spiro atoms. The lowest BCUT2D eigenvalue weighted by Gasteiger charge is -2.38. The Morgan fingerprint density at radius 2 is 2.25 bits per heavy atom. The van der Waals surface area contributed by atoms with E-state index in [0.717, 1.165) is 0 Å². The van der Waals surface area contributed by atoms with Gasteiger partial charge in [-0.15, -0.1) is 0 Å². The van der Waals surface area contributed by atoms with E-state index in [1.165, 1.54) is 25.7 Å². The van der Waals surface area contributed by atoms with E-state index in [1.807, 2.05) is 0 Å². The first-order chi connectivity index (χ1) is 5.67. The molecule has 0 heterocycles. The van der Waals surface area contributed by atoms with Crippen LogP contribution < -0.4 is 5.32 Å². The van der Waals surface area contributed by atoms with Gasteiger partial charge in [0.15, 0.2) is 0 Å². The molecule has 1 aliphatic carbocycles. The van der Waals surface area contributed by atoms with E-state index in [-0.39, 0.29) is 0 Å². The largest absolute Gasteiger partial charge is 0.301 e. The molecule has 0 amide bonds. The summed E-state index contributed by atoms with van der Waals surface area (Å²) in [6, 6.07) is 2.69. The highest BCUT2D eigenvalue weighted by atomic mass is 14.9. The lowest BCUT2D eigenvalue weighted by Crippen LogP contribution is -2.44. The predicted molar refractivity (Wildman–Crippen MR) is 49.7 cm³/mol. The highest BCUT2D eigenvalue weighted by Gasteiger charge is 2.31. The Morgan fingerprint density at radius 3 is 2.83 bits per heavy atom. The van der Waals surface area contributed by atoms with E-state index < -0.39 is 0 Å². The Kier molecular flexibility index (Phi) is 3.11. The molecule has 1 fully saturated rings. The number of nitrogens with zero attached hydrogens (tertiary/aromatic N) is 1. The van der Waals surface area contributed by atoms with Crippen LogP contribution in [0.3, 0.4) is 0 Å². The van der Waals surface area contributed by atoms with Crippen LogP contribution in [-0.2, 0) is 0 Å². The first kappa shape index (κ1) is 9.54. The van der Waals surface area contributed by atoms with Gasteiger partial charge >= 0.3 is 0 Å². The number of rotatable bonds is 2. The quantitative estimate of drug-likeness (QED) is 0.637. The van der Waals surface area contributed by atoms with Crippen LogP contribution in [0, 0.1) is 16.7 Å². The van der Waals surface area contributed by atoms with Crippen LogP contribution in [0.1, 0.15) is 39.5 Å². The summed E-state index contributed by atoms with van der Waals surface area (Å²) in [7, 11) is 0. The smallest absolute Gasteiger partial charge is 0.0843 e. The molecular weight excluding hydrogens is 148 g/mol. The third kappa shape index (κ3) is 2.22. The topological polar surface area (TPSA) is 35.8 Å². The molecule has 0 bridgehead atoms. The molecule has 0 aromatic rings. The molecular formula is C10H18N2. The molecule has 0 radical (unpaired) electrons. The van der Waals surface area contributed by atoms with E-state index in [4.69, 9.17) is 5.26 Å². The molecule has 0 aromatic heterocycles. The standard InChI is InChI=1S/C10H18N2/c1-10(2)6-4-3-5-9(10)12-8-7-11/h9,12H,3-6,8H2,1-2H3. The monoisotopic (exact) mass is 166 g/mol. The average molecular weight is 166 g/mol. The Morgan fingerprint density at radius 1 is 1.50 bits per heavy atom. The lowest BCUT2D eigenvalue weighted by atomic mass is 9.73. The van der Waals surface area contributed by atoms with Gasteiger partial charge in [0.1, 0.15) is 0 Å². The van der Waals surface area contributed by atoms with Crippen molar-refractivity contribution in [3.8, 4) is 6.07 Å². The summed E-state index contributed by atoms with van der Waals surface area (Å²) in [5.74, 6) is 0. The van der Waals surface area contributed by atoms with Crippen LogP contribution in [-0.4, -0.2) is 12.6 Å². The zero-order valence-corrected chi connectivity index (χ0v) is 8.06. The van der Waals surface area contributed by atoms with Crippen molar-refractivity contribution in [2.75, 3.05) is 6.54 Å². The van der Waals surface area contributed by atoms with Gasteiger partial charge in [0.05, 0.1) is 12.6 Å². The van der Waals surface area contributed by atoms with Gasteiger partial charge < -0.3 is 5.32 Å². The molecule has 0 aromatic carbocycles. The Labute approximate surface area is 75.0 Å². The van der Waals surface area contributed by atoms with Crippen molar-refractivity contribution in [2.45, 2.75) is 45.6 Å². The third-order valence-corrected chi connectivity index (χ3v) is 2.93. The Hall–Kier alpha value is -0.550. The molecule has 1 unspecified atom stereocenters. The van der Waals surface area contributed by atoms with Crippen molar-refractivity contribution in [1.82, 2.24) is 5.32 Å². The molecule has 0 saturated heterocycles. The second-order valence-electron chi connectivity index (χ2n) is 4.33. The van der Waals surface area contributed by atoms with Gasteiger partial charge in [-0.05, 0) is 18.3 Å². The summed E-state index contributed by atoms with van der Waals surface area (Å²) in [6.07, 6.45) is 5.18. The number of nitrogens with one attached hydrogen (secondary N) is 1. The molecule has 1 N–H and O–H groups in total. The number of hydrogen-bond donors (Lipinski definition) is 1. The van der Waals surface area contributed by atoms with Gasteiger partial charge in [-0.1, -0.05) is 26.7 Å². The fraction of sp³-hybridized carbons (Fsp3) is 0.900. The second-order valence-corrected chi connectivity index (χ2v) is 4.33. The zero-order chi connectivity index (χ0) is 9.03. The highest BCUT2D eigenvalue weighted by molar-refractivity contribution is 4.90. The fourth-order valence-electron chi connectivity index (χ4n) is 2.04. The summed E-state index contributed by atoms with van der Waals surface area (Å²) < 4.78 is 0. The molecule has 1 rings (SSSR count). The zero-order valence-electron chi connectivity index (χ0n) is 8.06. The molecule has 0 aliphatic heterocycles. The van der Waals surface area contributed by atoms with Crippen LogP contribution in [0.4, 0.5) is 0 Å². The van der Waals surface area contributed by atoms with Crippen molar-refractivity contribution in [3.05, 3.63) is 0 Å². The van der Waals surface area contributed by atoms with Crippen LogP contribution in [0.2, 0.25) is 0 Å². The van der Waals surface area contributed by atoms with Crippen LogP contribution in [0.15, 0.2) is 0 Å². The van der Waals surface area contributed by atoms with E-state index in [9.17, 15) is 0 Å². The molecule has 2 heteroatoms. The normalized spacial score (nSPS) is 27.9. The van der Waals surface area contributed by atoms with Crippen molar-refractivity contribution in [2.24, 2.45) is 5.41 Å². The molecule has 68 valence electrons. The van der Waals surface area contributed by atoms with Crippen molar-refractivity contribution >= 4 is 0 Å². The van der Waals surface area contributed by atoms with Gasteiger partial charge in [0.2, 0.25) is 0 Å². The minimum absolute atomic E-state index is 0.384. The summed E-state index contributed by atoms with van der Waals surface area (Å²) >= 11 is 0. The minimum atomic E-state index is 0.384. The molecule has 1 aliphatic rings. The summed E-state index contributed by atoms with van der Waals surface area (Å²) in [6.45, 7) is 5.08. The summed E-state index contributed by atoms with van der Waals surface area (Å²) in [4.78, 5) is 0. The maximum atomic E-state index is 8.45. The van der Waals surface area contributed by atoms with Crippen LogP contribution >= 0.6 is 0 Å². The fourth-order valence-corrected chi connectivity index (χ4v) is 2.04. The Bertz CT molecular complexity index is 179. The van der Waals surface area contributed by atoms with Gasteiger partial charge in [-0.2, -0.15) is 5.26 Å². The second kappa shape index (κ2) is 3.91. The number of hydrogen-bond acceptors (Lipinski definition) is 2. The molecule has 1 atom stereocenters. The Balaban J connectivity index is 2.44. The van der Waals surface area contributed by atoms with Crippen LogP contribution in [0.25, 0.3) is 0 Å². The first-order valence-electron chi connectivity index (χ1n) is 4.77. The SMILES string of the molecule is CC1(C)CCCCC1NCC#N. The minimum Gasteiger partial charge on any atom is -0.301 e. The summed E-state index contributed by atoms with van der Waals surface area (Å²) in [5, 5.41) is 11.8.